The van der Waals surface area contributed by atoms with Crippen LogP contribution in [0.5, 0.6) is 0 Å². The van der Waals surface area contributed by atoms with Crippen LogP contribution in [0.4, 0.5) is 5.69 Å². The number of aliphatic hydroxyl groups excluding tert-OH is 1. The molecule has 24 heavy (non-hydrogen) atoms. The van der Waals surface area contributed by atoms with Gasteiger partial charge in [-0.2, -0.15) is 5.26 Å². The predicted molar refractivity (Wildman–Crippen MR) is 91.0 cm³/mol. The monoisotopic (exact) mass is 324 g/mol. The first-order chi connectivity index (χ1) is 11.7. The highest BCUT2D eigenvalue weighted by atomic mass is 16.3. The Bertz CT molecular complexity index is 698. The predicted octanol–water partition coefficient (Wildman–Crippen LogP) is 1.78. The number of carbonyl (C=O) groups is 1. The number of hydrogen-bond acceptors (Lipinski definition) is 5. The number of amides is 1. The summed E-state index contributed by atoms with van der Waals surface area (Å²) in [6.07, 6.45) is 3.76. The number of pyridine rings is 1. The van der Waals surface area contributed by atoms with E-state index in [2.05, 4.69) is 16.4 Å². The zero-order valence-corrected chi connectivity index (χ0v) is 13.4. The van der Waals surface area contributed by atoms with Crippen molar-refractivity contribution in [3.8, 4) is 6.07 Å². The first kappa shape index (κ1) is 17.6. The largest absolute Gasteiger partial charge is 0.395 e. The lowest BCUT2D eigenvalue weighted by Gasteiger charge is -2.21. The molecule has 0 spiro atoms. The van der Waals surface area contributed by atoms with Gasteiger partial charge in [0.25, 0.3) is 0 Å². The summed E-state index contributed by atoms with van der Waals surface area (Å²) in [5, 5.41) is 21.0. The van der Waals surface area contributed by atoms with E-state index in [1.165, 1.54) is 0 Å². The normalized spacial score (nSPS) is 10.4. The van der Waals surface area contributed by atoms with Crippen molar-refractivity contribution < 1.29 is 9.90 Å². The van der Waals surface area contributed by atoms with Crippen LogP contribution in [0.25, 0.3) is 0 Å². The Hall–Kier alpha value is -2.75. The molecule has 1 heterocycles. The van der Waals surface area contributed by atoms with Crippen LogP contribution >= 0.6 is 0 Å². The Balaban J connectivity index is 1.89. The molecule has 0 radical (unpaired) electrons. The van der Waals surface area contributed by atoms with E-state index in [0.717, 1.165) is 5.56 Å². The summed E-state index contributed by atoms with van der Waals surface area (Å²) in [4.78, 5) is 18.2. The molecule has 6 heteroatoms. The Labute approximate surface area is 141 Å². The first-order valence-electron chi connectivity index (χ1n) is 7.74. The second-order valence-electron chi connectivity index (χ2n) is 5.32. The average molecular weight is 324 g/mol. The summed E-state index contributed by atoms with van der Waals surface area (Å²) in [5.41, 5.74) is 1.99. The molecule has 2 rings (SSSR count). The quantitative estimate of drug-likeness (QED) is 0.772. The van der Waals surface area contributed by atoms with Crippen LogP contribution in [0.3, 0.4) is 0 Å². The highest BCUT2D eigenvalue weighted by Gasteiger charge is 2.10. The molecule has 2 aromatic rings. The van der Waals surface area contributed by atoms with Gasteiger partial charge in [0, 0.05) is 38.4 Å². The van der Waals surface area contributed by atoms with Gasteiger partial charge in [0.2, 0.25) is 5.91 Å². The number of anilines is 1. The van der Waals surface area contributed by atoms with Gasteiger partial charge in [-0.25, -0.2) is 0 Å². The number of nitrogens with one attached hydrogen (secondary N) is 1. The number of para-hydroxylation sites is 1. The summed E-state index contributed by atoms with van der Waals surface area (Å²) >= 11 is 0. The van der Waals surface area contributed by atoms with Crippen LogP contribution in [-0.4, -0.2) is 40.6 Å². The minimum Gasteiger partial charge on any atom is -0.395 e. The molecular weight excluding hydrogens is 304 g/mol. The molecule has 1 aromatic carbocycles. The van der Waals surface area contributed by atoms with Crippen LogP contribution in [0.15, 0.2) is 48.8 Å². The Kier molecular flexibility index (Phi) is 6.90. The van der Waals surface area contributed by atoms with E-state index in [-0.39, 0.29) is 18.9 Å². The van der Waals surface area contributed by atoms with Crippen molar-refractivity contribution >= 4 is 11.6 Å². The van der Waals surface area contributed by atoms with Crippen molar-refractivity contribution in [2.45, 2.75) is 13.0 Å². The fraction of sp³-hybridized carbons (Fsp3) is 0.278. The van der Waals surface area contributed by atoms with Gasteiger partial charge in [0.05, 0.1) is 17.9 Å². The third-order valence-electron chi connectivity index (χ3n) is 3.52. The number of aliphatic hydroxyl groups is 1. The third kappa shape index (κ3) is 5.47. The van der Waals surface area contributed by atoms with E-state index < -0.39 is 0 Å². The van der Waals surface area contributed by atoms with Gasteiger partial charge >= 0.3 is 0 Å². The lowest BCUT2D eigenvalue weighted by molar-refractivity contribution is -0.116. The van der Waals surface area contributed by atoms with Gasteiger partial charge < -0.3 is 10.4 Å². The number of nitriles is 1. The molecule has 0 bridgehead atoms. The standard InChI is InChI=1S/C18H20N4O2/c19-12-16-5-1-2-6-17(16)21-18(24)7-9-22(10-11-23)14-15-4-3-8-20-13-15/h1-6,8,13,23H,7,9-11,14H2,(H,21,24). The highest BCUT2D eigenvalue weighted by molar-refractivity contribution is 5.92. The fourth-order valence-corrected chi connectivity index (χ4v) is 2.32. The van der Waals surface area contributed by atoms with Crippen LogP contribution in [-0.2, 0) is 11.3 Å². The molecule has 0 saturated carbocycles. The molecule has 0 fully saturated rings. The van der Waals surface area contributed by atoms with Crippen molar-refractivity contribution in [3.05, 3.63) is 59.9 Å². The smallest absolute Gasteiger partial charge is 0.225 e. The second-order valence-corrected chi connectivity index (χ2v) is 5.32. The topological polar surface area (TPSA) is 89.2 Å². The van der Waals surface area contributed by atoms with Crippen molar-refractivity contribution in [2.24, 2.45) is 0 Å². The molecule has 1 aromatic heterocycles. The highest BCUT2D eigenvalue weighted by Crippen LogP contribution is 2.14. The molecule has 2 N–H and O–H groups in total. The molecule has 0 aliphatic carbocycles. The molecule has 6 nitrogen and oxygen atoms in total. The Morgan fingerprint density at radius 2 is 2.08 bits per heavy atom. The summed E-state index contributed by atoms with van der Waals surface area (Å²) in [6.45, 7) is 1.64. The van der Waals surface area contributed by atoms with Gasteiger partial charge in [0.15, 0.2) is 0 Å². The van der Waals surface area contributed by atoms with Crippen LogP contribution < -0.4 is 5.32 Å². The van der Waals surface area contributed by atoms with Gasteiger partial charge in [-0.05, 0) is 23.8 Å². The van der Waals surface area contributed by atoms with E-state index in [9.17, 15) is 9.90 Å². The van der Waals surface area contributed by atoms with Crippen molar-refractivity contribution in [3.63, 3.8) is 0 Å². The van der Waals surface area contributed by atoms with Crippen molar-refractivity contribution in [1.29, 1.82) is 5.26 Å². The van der Waals surface area contributed by atoms with Crippen molar-refractivity contribution in [2.75, 3.05) is 25.0 Å². The fourth-order valence-electron chi connectivity index (χ4n) is 2.32. The number of rotatable bonds is 8. The SMILES string of the molecule is N#Cc1ccccc1NC(=O)CCN(CCO)Cc1cccnc1. The van der Waals surface area contributed by atoms with E-state index in [1.54, 1.807) is 36.7 Å². The molecule has 0 unspecified atom stereocenters. The second kappa shape index (κ2) is 9.40. The van der Waals surface area contributed by atoms with Gasteiger partial charge in [0.1, 0.15) is 6.07 Å². The maximum atomic E-state index is 12.1. The van der Waals surface area contributed by atoms with E-state index >= 15 is 0 Å². The summed E-state index contributed by atoms with van der Waals surface area (Å²) < 4.78 is 0. The maximum Gasteiger partial charge on any atom is 0.225 e. The third-order valence-corrected chi connectivity index (χ3v) is 3.52. The van der Waals surface area contributed by atoms with Gasteiger partial charge in [-0.3, -0.25) is 14.7 Å². The summed E-state index contributed by atoms with van der Waals surface area (Å²) in [7, 11) is 0. The number of aromatic nitrogens is 1. The first-order valence-corrected chi connectivity index (χ1v) is 7.74. The van der Waals surface area contributed by atoms with Crippen LogP contribution in [0, 0.1) is 11.3 Å². The molecule has 0 aliphatic rings. The Morgan fingerprint density at radius 3 is 2.79 bits per heavy atom. The minimum absolute atomic E-state index is 0.0269. The van der Waals surface area contributed by atoms with E-state index in [4.69, 9.17) is 5.26 Å². The zero-order chi connectivity index (χ0) is 17.2. The van der Waals surface area contributed by atoms with Crippen LogP contribution in [0.1, 0.15) is 17.5 Å². The van der Waals surface area contributed by atoms with Crippen molar-refractivity contribution in [1.82, 2.24) is 9.88 Å². The Morgan fingerprint density at radius 1 is 1.25 bits per heavy atom. The number of carbonyl (C=O) groups excluding carboxylic acids is 1. The zero-order valence-electron chi connectivity index (χ0n) is 13.4. The van der Waals surface area contributed by atoms with Gasteiger partial charge in [-0.1, -0.05) is 18.2 Å². The molecule has 0 aliphatic heterocycles. The average Bonchev–Trinajstić information content (AvgIpc) is 2.61. The molecule has 124 valence electrons. The molecule has 0 saturated heterocycles. The van der Waals surface area contributed by atoms with Crippen LogP contribution in [0.2, 0.25) is 0 Å². The lowest BCUT2D eigenvalue weighted by Crippen LogP contribution is -2.30. The molecule has 1 amide bonds. The summed E-state index contributed by atoms with van der Waals surface area (Å²) in [6, 6.07) is 12.8. The van der Waals surface area contributed by atoms with E-state index in [0.29, 0.717) is 30.9 Å². The molecular formula is C18H20N4O2. The lowest BCUT2D eigenvalue weighted by atomic mass is 10.2. The molecule has 0 atom stereocenters. The number of hydrogen-bond donors (Lipinski definition) is 2. The maximum absolute atomic E-state index is 12.1. The number of nitrogens with zero attached hydrogens (tertiary/aromatic N) is 3. The van der Waals surface area contributed by atoms with E-state index in [1.807, 2.05) is 17.0 Å². The minimum atomic E-state index is -0.160. The number of benzene rings is 1. The summed E-state index contributed by atoms with van der Waals surface area (Å²) in [5.74, 6) is -0.160. The van der Waals surface area contributed by atoms with Gasteiger partial charge in [-0.15, -0.1) is 0 Å².